The standard InChI is InChI=1S/C14H9FO4/c15-12-4-2-1-3-11(12)8-5-9(13(16)17)7-10(6-8)14(18)19/h1-7H,(H,16,17)(H,18,19). The fourth-order valence-corrected chi connectivity index (χ4v) is 1.73. The first-order valence-corrected chi connectivity index (χ1v) is 5.35. The van der Waals surface area contributed by atoms with E-state index in [2.05, 4.69) is 0 Å². The van der Waals surface area contributed by atoms with E-state index < -0.39 is 17.8 Å². The van der Waals surface area contributed by atoms with E-state index in [1.165, 1.54) is 30.3 Å². The Balaban J connectivity index is 2.67. The summed E-state index contributed by atoms with van der Waals surface area (Å²) in [6, 6.07) is 9.30. The Morgan fingerprint density at radius 1 is 0.895 bits per heavy atom. The van der Waals surface area contributed by atoms with E-state index >= 15 is 0 Å². The van der Waals surface area contributed by atoms with E-state index in [9.17, 15) is 14.0 Å². The minimum absolute atomic E-state index is 0.160. The molecule has 0 unspecified atom stereocenters. The highest BCUT2D eigenvalue weighted by molar-refractivity contribution is 5.96. The van der Waals surface area contributed by atoms with Crippen molar-refractivity contribution in [1.82, 2.24) is 0 Å². The normalized spacial score (nSPS) is 10.2. The topological polar surface area (TPSA) is 74.6 Å². The van der Waals surface area contributed by atoms with E-state index in [1.54, 1.807) is 6.07 Å². The highest BCUT2D eigenvalue weighted by Gasteiger charge is 2.13. The van der Waals surface area contributed by atoms with Crippen molar-refractivity contribution in [3.63, 3.8) is 0 Å². The minimum atomic E-state index is -1.26. The van der Waals surface area contributed by atoms with Crippen LogP contribution in [0.5, 0.6) is 0 Å². The van der Waals surface area contributed by atoms with Gasteiger partial charge in [-0.15, -0.1) is 0 Å². The van der Waals surface area contributed by atoms with Crippen molar-refractivity contribution in [2.75, 3.05) is 0 Å². The van der Waals surface area contributed by atoms with Gasteiger partial charge in [-0.2, -0.15) is 0 Å². The number of carbonyl (C=O) groups is 2. The molecule has 0 amide bonds. The van der Waals surface area contributed by atoms with Crippen LogP contribution in [0, 0.1) is 5.82 Å². The average Bonchev–Trinajstić information content (AvgIpc) is 2.38. The molecule has 0 atom stereocenters. The average molecular weight is 260 g/mol. The van der Waals surface area contributed by atoms with E-state index in [-0.39, 0.29) is 22.3 Å². The van der Waals surface area contributed by atoms with Gasteiger partial charge in [0.15, 0.2) is 0 Å². The number of carboxylic acid groups (broad SMARTS) is 2. The molecule has 0 aliphatic carbocycles. The van der Waals surface area contributed by atoms with Gasteiger partial charge in [0.1, 0.15) is 5.82 Å². The summed E-state index contributed by atoms with van der Waals surface area (Å²) in [7, 11) is 0. The Kier molecular flexibility index (Phi) is 3.29. The van der Waals surface area contributed by atoms with Crippen LogP contribution in [0.4, 0.5) is 4.39 Å². The predicted molar refractivity (Wildman–Crippen MR) is 65.8 cm³/mol. The molecular formula is C14H9FO4. The third-order valence-corrected chi connectivity index (χ3v) is 2.61. The van der Waals surface area contributed by atoms with E-state index in [1.807, 2.05) is 0 Å². The van der Waals surface area contributed by atoms with E-state index in [4.69, 9.17) is 10.2 Å². The van der Waals surface area contributed by atoms with Crippen molar-refractivity contribution in [2.24, 2.45) is 0 Å². The number of carboxylic acids is 2. The number of benzene rings is 2. The van der Waals surface area contributed by atoms with Crippen molar-refractivity contribution in [1.29, 1.82) is 0 Å². The first-order chi connectivity index (χ1) is 8.99. The van der Waals surface area contributed by atoms with E-state index in [0.29, 0.717) is 0 Å². The minimum Gasteiger partial charge on any atom is -0.478 e. The third-order valence-electron chi connectivity index (χ3n) is 2.61. The highest BCUT2D eigenvalue weighted by atomic mass is 19.1. The zero-order valence-corrected chi connectivity index (χ0v) is 9.63. The van der Waals surface area contributed by atoms with Crippen LogP contribution >= 0.6 is 0 Å². The zero-order chi connectivity index (χ0) is 14.0. The van der Waals surface area contributed by atoms with Gasteiger partial charge in [-0.25, -0.2) is 14.0 Å². The van der Waals surface area contributed by atoms with Crippen LogP contribution in [0.15, 0.2) is 42.5 Å². The second-order valence-corrected chi connectivity index (χ2v) is 3.89. The number of aromatic carboxylic acids is 2. The summed E-state index contributed by atoms with van der Waals surface area (Å²) in [6.07, 6.45) is 0. The SMILES string of the molecule is O=C(O)c1cc(C(=O)O)cc(-c2ccccc2F)c1. The Labute approximate surface area is 107 Å². The van der Waals surface area contributed by atoms with Crippen LogP contribution in [-0.4, -0.2) is 22.2 Å². The molecule has 0 saturated heterocycles. The lowest BCUT2D eigenvalue weighted by Crippen LogP contribution is -2.03. The van der Waals surface area contributed by atoms with Gasteiger partial charge < -0.3 is 10.2 Å². The quantitative estimate of drug-likeness (QED) is 0.889. The van der Waals surface area contributed by atoms with Crippen LogP contribution in [0.2, 0.25) is 0 Å². The van der Waals surface area contributed by atoms with Crippen LogP contribution in [0.1, 0.15) is 20.7 Å². The molecule has 2 aromatic rings. The summed E-state index contributed by atoms with van der Waals surface area (Å²) in [6.45, 7) is 0. The number of hydrogen-bond acceptors (Lipinski definition) is 2. The summed E-state index contributed by atoms with van der Waals surface area (Å²) in [5.41, 5.74) is -0.0141. The molecule has 96 valence electrons. The van der Waals surface area contributed by atoms with Gasteiger partial charge in [-0.05, 0) is 29.8 Å². The van der Waals surface area contributed by atoms with Crippen LogP contribution in [0.3, 0.4) is 0 Å². The van der Waals surface area contributed by atoms with Gasteiger partial charge in [0.25, 0.3) is 0 Å². The van der Waals surface area contributed by atoms with Gasteiger partial charge in [0.05, 0.1) is 11.1 Å². The van der Waals surface area contributed by atoms with Crippen molar-refractivity contribution >= 4 is 11.9 Å². The molecule has 2 N–H and O–H groups in total. The van der Waals surface area contributed by atoms with Crippen molar-refractivity contribution in [2.45, 2.75) is 0 Å². The van der Waals surface area contributed by atoms with Crippen molar-refractivity contribution < 1.29 is 24.2 Å². The molecule has 4 nitrogen and oxygen atoms in total. The zero-order valence-electron chi connectivity index (χ0n) is 9.63. The van der Waals surface area contributed by atoms with Crippen molar-refractivity contribution in [3.05, 3.63) is 59.4 Å². The number of hydrogen-bond donors (Lipinski definition) is 2. The molecule has 0 aliphatic rings. The Bertz CT molecular complexity index is 632. The Morgan fingerprint density at radius 2 is 1.42 bits per heavy atom. The molecule has 0 fully saturated rings. The van der Waals surface area contributed by atoms with Crippen LogP contribution < -0.4 is 0 Å². The van der Waals surface area contributed by atoms with Gasteiger partial charge in [-0.3, -0.25) is 0 Å². The molecule has 0 radical (unpaired) electrons. The largest absolute Gasteiger partial charge is 0.478 e. The summed E-state index contributed by atoms with van der Waals surface area (Å²) in [5, 5.41) is 17.9. The van der Waals surface area contributed by atoms with Gasteiger partial charge in [0, 0.05) is 5.56 Å². The molecule has 2 aromatic carbocycles. The lowest BCUT2D eigenvalue weighted by Gasteiger charge is -2.06. The second kappa shape index (κ2) is 4.89. The molecule has 2 rings (SSSR count). The maximum Gasteiger partial charge on any atom is 0.335 e. The Hall–Kier alpha value is -2.69. The molecule has 5 heteroatoms. The summed E-state index contributed by atoms with van der Waals surface area (Å²) >= 11 is 0. The Morgan fingerprint density at radius 3 is 1.89 bits per heavy atom. The molecule has 19 heavy (non-hydrogen) atoms. The highest BCUT2D eigenvalue weighted by Crippen LogP contribution is 2.25. The second-order valence-electron chi connectivity index (χ2n) is 3.89. The molecule has 0 aliphatic heterocycles. The summed E-state index contributed by atoms with van der Waals surface area (Å²) < 4.78 is 13.6. The molecule has 0 bridgehead atoms. The lowest BCUT2D eigenvalue weighted by atomic mass is 9.99. The predicted octanol–water partition coefficient (Wildman–Crippen LogP) is 2.89. The summed E-state index contributed by atoms with van der Waals surface area (Å²) in [5.74, 6) is -3.07. The van der Waals surface area contributed by atoms with Gasteiger partial charge in [0.2, 0.25) is 0 Å². The third kappa shape index (κ3) is 2.60. The van der Waals surface area contributed by atoms with Crippen LogP contribution in [0.25, 0.3) is 11.1 Å². The van der Waals surface area contributed by atoms with Gasteiger partial charge in [-0.1, -0.05) is 18.2 Å². The maximum absolute atomic E-state index is 13.6. The molecule has 0 spiro atoms. The lowest BCUT2D eigenvalue weighted by molar-refractivity contribution is 0.0696. The monoisotopic (exact) mass is 260 g/mol. The van der Waals surface area contributed by atoms with Crippen molar-refractivity contribution in [3.8, 4) is 11.1 Å². The smallest absolute Gasteiger partial charge is 0.335 e. The molecule has 0 saturated carbocycles. The van der Waals surface area contributed by atoms with Crippen LogP contribution in [-0.2, 0) is 0 Å². The summed E-state index contributed by atoms with van der Waals surface area (Å²) in [4.78, 5) is 21.9. The van der Waals surface area contributed by atoms with Gasteiger partial charge >= 0.3 is 11.9 Å². The fourth-order valence-electron chi connectivity index (χ4n) is 1.73. The van der Waals surface area contributed by atoms with E-state index in [0.717, 1.165) is 6.07 Å². The molecular weight excluding hydrogens is 251 g/mol. The maximum atomic E-state index is 13.6. The molecule has 0 aromatic heterocycles. The first-order valence-electron chi connectivity index (χ1n) is 5.35. The molecule has 0 heterocycles. The number of halogens is 1. The fraction of sp³-hybridized carbons (Fsp3) is 0. The number of rotatable bonds is 3. The first kappa shape index (κ1) is 12.8.